The van der Waals surface area contributed by atoms with E-state index in [0.717, 1.165) is 24.9 Å². The van der Waals surface area contributed by atoms with Crippen molar-refractivity contribution >= 4 is 11.6 Å². The fourth-order valence-corrected chi connectivity index (χ4v) is 1.74. The van der Waals surface area contributed by atoms with E-state index in [0.29, 0.717) is 11.1 Å². The molecule has 1 fully saturated rings. The Balaban J connectivity index is 1.83. The second-order valence-electron chi connectivity index (χ2n) is 3.67. The lowest BCUT2D eigenvalue weighted by molar-refractivity contribution is 0.0619. The van der Waals surface area contributed by atoms with E-state index in [1.165, 1.54) is 0 Å². The predicted octanol–water partition coefficient (Wildman–Crippen LogP) is 1.35. The summed E-state index contributed by atoms with van der Waals surface area (Å²) in [6.07, 6.45) is 4.97. The number of halogens is 1. The van der Waals surface area contributed by atoms with Gasteiger partial charge < -0.3 is 10.4 Å². The Morgan fingerprint density at radius 1 is 1.57 bits per heavy atom. The molecule has 1 aromatic heterocycles. The molecule has 1 heterocycles. The summed E-state index contributed by atoms with van der Waals surface area (Å²) in [5, 5.41) is 13.1. The Bertz CT molecular complexity index is 313. The standard InChI is InChI=1S/C10H13ClN2O/c11-10-6-12-2-1-7(10)5-13-8-3-9(14)4-8/h1-2,6,8-9,13-14H,3-5H2. The van der Waals surface area contributed by atoms with Gasteiger partial charge in [0, 0.05) is 25.0 Å². The van der Waals surface area contributed by atoms with Crippen LogP contribution in [-0.2, 0) is 6.54 Å². The van der Waals surface area contributed by atoms with Gasteiger partial charge in [-0.3, -0.25) is 4.98 Å². The van der Waals surface area contributed by atoms with Crippen molar-refractivity contribution in [2.24, 2.45) is 0 Å². The molecule has 0 unspecified atom stereocenters. The van der Waals surface area contributed by atoms with Gasteiger partial charge in [0.05, 0.1) is 11.1 Å². The van der Waals surface area contributed by atoms with Crippen molar-refractivity contribution in [2.75, 3.05) is 0 Å². The van der Waals surface area contributed by atoms with Crippen molar-refractivity contribution < 1.29 is 5.11 Å². The highest BCUT2D eigenvalue weighted by Crippen LogP contribution is 2.20. The van der Waals surface area contributed by atoms with Crippen LogP contribution in [-0.4, -0.2) is 22.2 Å². The van der Waals surface area contributed by atoms with Gasteiger partial charge in [0.2, 0.25) is 0 Å². The zero-order valence-corrected chi connectivity index (χ0v) is 8.54. The lowest BCUT2D eigenvalue weighted by atomic mass is 9.89. The van der Waals surface area contributed by atoms with Crippen molar-refractivity contribution in [1.29, 1.82) is 0 Å². The summed E-state index contributed by atoms with van der Waals surface area (Å²) < 4.78 is 0. The molecule has 1 aromatic rings. The summed E-state index contributed by atoms with van der Waals surface area (Å²) in [5.41, 5.74) is 1.06. The third kappa shape index (κ3) is 2.23. The average molecular weight is 213 g/mol. The van der Waals surface area contributed by atoms with Crippen LogP contribution in [0.4, 0.5) is 0 Å². The number of aliphatic hydroxyl groups excluding tert-OH is 1. The molecule has 0 atom stereocenters. The van der Waals surface area contributed by atoms with Crippen molar-refractivity contribution in [3.63, 3.8) is 0 Å². The SMILES string of the molecule is OC1CC(NCc2ccncc2Cl)C1. The van der Waals surface area contributed by atoms with Crippen LogP contribution in [0.2, 0.25) is 5.02 Å². The van der Waals surface area contributed by atoms with Gasteiger partial charge in [-0.15, -0.1) is 0 Å². The molecule has 14 heavy (non-hydrogen) atoms. The minimum Gasteiger partial charge on any atom is -0.393 e. The molecule has 0 aliphatic heterocycles. The summed E-state index contributed by atoms with van der Waals surface area (Å²) in [4.78, 5) is 3.92. The molecule has 0 spiro atoms. The van der Waals surface area contributed by atoms with Crippen molar-refractivity contribution in [3.8, 4) is 0 Å². The van der Waals surface area contributed by atoms with Gasteiger partial charge in [-0.05, 0) is 24.5 Å². The fraction of sp³-hybridized carbons (Fsp3) is 0.500. The van der Waals surface area contributed by atoms with Gasteiger partial charge in [-0.25, -0.2) is 0 Å². The zero-order chi connectivity index (χ0) is 9.97. The minimum absolute atomic E-state index is 0.111. The Morgan fingerprint density at radius 2 is 2.36 bits per heavy atom. The molecule has 1 saturated carbocycles. The molecule has 1 aliphatic rings. The Morgan fingerprint density at radius 3 is 3.00 bits per heavy atom. The lowest BCUT2D eigenvalue weighted by Gasteiger charge is -2.32. The number of nitrogens with one attached hydrogen (secondary N) is 1. The summed E-state index contributed by atoms with van der Waals surface area (Å²) in [6.45, 7) is 0.749. The molecule has 0 saturated heterocycles. The first-order chi connectivity index (χ1) is 6.75. The predicted molar refractivity (Wildman–Crippen MR) is 55.1 cm³/mol. The van der Waals surface area contributed by atoms with E-state index in [4.69, 9.17) is 16.7 Å². The van der Waals surface area contributed by atoms with Crippen molar-refractivity contribution in [2.45, 2.75) is 31.5 Å². The number of aliphatic hydroxyl groups is 1. The van der Waals surface area contributed by atoms with Gasteiger partial charge in [-0.2, -0.15) is 0 Å². The van der Waals surface area contributed by atoms with Crippen molar-refractivity contribution in [1.82, 2.24) is 10.3 Å². The van der Waals surface area contributed by atoms with Gasteiger partial charge >= 0.3 is 0 Å². The molecule has 0 amide bonds. The molecule has 1 aliphatic carbocycles. The highest BCUT2D eigenvalue weighted by molar-refractivity contribution is 6.31. The molecule has 4 heteroatoms. The van der Waals surface area contributed by atoms with Crippen LogP contribution in [0, 0.1) is 0 Å². The second-order valence-corrected chi connectivity index (χ2v) is 4.08. The number of rotatable bonds is 3. The summed E-state index contributed by atoms with van der Waals surface area (Å²) in [7, 11) is 0. The Hall–Kier alpha value is -0.640. The van der Waals surface area contributed by atoms with Crippen LogP contribution in [0.5, 0.6) is 0 Å². The number of nitrogens with zero attached hydrogens (tertiary/aromatic N) is 1. The van der Waals surface area contributed by atoms with Gasteiger partial charge in [-0.1, -0.05) is 11.6 Å². The topological polar surface area (TPSA) is 45.1 Å². The van der Waals surface area contributed by atoms with Crippen LogP contribution >= 0.6 is 11.6 Å². The molecule has 0 bridgehead atoms. The van der Waals surface area contributed by atoms with E-state index in [-0.39, 0.29) is 6.10 Å². The maximum absolute atomic E-state index is 9.09. The zero-order valence-electron chi connectivity index (χ0n) is 7.78. The molecular formula is C10H13ClN2O. The summed E-state index contributed by atoms with van der Waals surface area (Å²) in [5.74, 6) is 0. The number of hydrogen-bond acceptors (Lipinski definition) is 3. The Kier molecular flexibility index (Phi) is 3.01. The van der Waals surface area contributed by atoms with E-state index in [1.54, 1.807) is 12.4 Å². The molecule has 0 aromatic carbocycles. The molecular weight excluding hydrogens is 200 g/mol. The normalized spacial score (nSPS) is 25.9. The van der Waals surface area contributed by atoms with Crippen LogP contribution in [0.3, 0.4) is 0 Å². The van der Waals surface area contributed by atoms with E-state index in [9.17, 15) is 0 Å². The van der Waals surface area contributed by atoms with Crippen LogP contribution in [0.15, 0.2) is 18.5 Å². The van der Waals surface area contributed by atoms with Gasteiger partial charge in [0.1, 0.15) is 0 Å². The number of hydrogen-bond donors (Lipinski definition) is 2. The molecule has 3 nitrogen and oxygen atoms in total. The maximum atomic E-state index is 9.09. The minimum atomic E-state index is -0.111. The first-order valence-corrected chi connectivity index (χ1v) is 5.13. The molecule has 2 N–H and O–H groups in total. The van der Waals surface area contributed by atoms with Crippen LogP contribution < -0.4 is 5.32 Å². The van der Waals surface area contributed by atoms with E-state index >= 15 is 0 Å². The van der Waals surface area contributed by atoms with E-state index in [2.05, 4.69) is 10.3 Å². The quantitative estimate of drug-likeness (QED) is 0.795. The van der Waals surface area contributed by atoms with Crippen LogP contribution in [0.1, 0.15) is 18.4 Å². The number of aromatic nitrogens is 1. The third-order valence-electron chi connectivity index (χ3n) is 2.55. The lowest BCUT2D eigenvalue weighted by Crippen LogP contribution is -2.43. The maximum Gasteiger partial charge on any atom is 0.0634 e. The largest absolute Gasteiger partial charge is 0.393 e. The van der Waals surface area contributed by atoms with Gasteiger partial charge in [0.15, 0.2) is 0 Å². The summed E-state index contributed by atoms with van der Waals surface area (Å²) >= 11 is 5.95. The third-order valence-corrected chi connectivity index (χ3v) is 2.89. The monoisotopic (exact) mass is 212 g/mol. The molecule has 76 valence electrons. The van der Waals surface area contributed by atoms with E-state index < -0.39 is 0 Å². The fourth-order valence-electron chi connectivity index (χ4n) is 1.56. The average Bonchev–Trinajstić information content (AvgIpc) is 2.13. The summed E-state index contributed by atoms with van der Waals surface area (Å²) in [6, 6.07) is 2.35. The van der Waals surface area contributed by atoms with E-state index in [1.807, 2.05) is 6.07 Å². The second kappa shape index (κ2) is 4.26. The molecule has 0 radical (unpaired) electrons. The molecule has 2 rings (SSSR count). The first-order valence-electron chi connectivity index (χ1n) is 4.75. The van der Waals surface area contributed by atoms with Gasteiger partial charge in [0.25, 0.3) is 0 Å². The highest BCUT2D eigenvalue weighted by Gasteiger charge is 2.26. The highest BCUT2D eigenvalue weighted by atomic mass is 35.5. The smallest absolute Gasteiger partial charge is 0.0634 e. The van der Waals surface area contributed by atoms with Crippen LogP contribution in [0.25, 0.3) is 0 Å². The Labute approximate surface area is 88.1 Å². The van der Waals surface area contributed by atoms with Crippen molar-refractivity contribution in [3.05, 3.63) is 29.0 Å². The number of pyridine rings is 1. The first kappa shape index (κ1) is 9.90.